The highest BCUT2D eigenvalue weighted by molar-refractivity contribution is 5.78. The molecule has 7 nitrogen and oxygen atoms in total. The molecule has 3 aromatic carbocycles. The van der Waals surface area contributed by atoms with Crippen molar-refractivity contribution in [2.24, 2.45) is 30.0 Å². The van der Waals surface area contributed by atoms with Crippen LogP contribution in [0.15, 0.2) is 61.3 Å². The van der Waals surface area contributed by atoms with Gasteiger partial charge in [0.15, 0.2) is 0 Å². The van der Waals surface area contributed by atoms with Gasteiger partial charge < -0.3 is 0 Å². The molecule has 0 fully saturated rings. The third-order valence-corrected chi connectivity index (χ3v) is 10.6. The second-order valence-corrected chi connectivity index (χ2v) is 18.1. The van der Waals surface area contributed by atoms with Gasteiger partial charge in [0.25, 0.3) is 0 Å². The number of isocyanates is 1. The molecule has 0 N–H and O–H groups in total. The predicted octanol–water partition coefficient (Wildman–Crippen LogP) is 16.9. The molecule has 0 amide bonds. The summed E-state index contributed by atoms with van der Waals surface area (Å²) in [6, 6.07) is 9.64. The summed E-state index contributed by atoms with van der Waals surface area (Å²) in [6.07, 6.45) is 1.77. The van der Waals surface area contributed by atoms with Crippen molar-refractivity contribution in [3.63, 3.8) is 0 Å². The number of rotatable bonds is 15. The van der Waals surface area contributed by atoms with Crippen molar-refractivity contribution < 1.29 is 4.79 Å². The van der Waals surface area contributed by atoms with Crippen molar-refractivity contribution in [2.45, 2.75) is 178 Å². The highest BCUT2D eigenvalue weighted by Gasteiger charge is 2.25. The molecule has 0 spiro atoms. The van der Waals surface area contributed by atoms with Crippen molar-refractivity contribution in [3.8, 4) is 0 Å². The molecule has 59 heavy (non-hydrogen) atoms. The zero-order valence-electron chi connectivity index (χ0n) is 39.6. The fourth-order valence-corrected chi connectivity index (χ4v) is 7.59. The summed E-state index contributed by atoms with van der Waals surface area (Å²) in [5.41, 5.74) is 15.2. The maximum absolute atomic E-state index is 11.4. The fraction of sp³-hybridized carbons (Fsp3) is 0.519. The van der Waals surface area contributed by atoms with E-state index in [9.17, 15) is 4.79 Å². The van der Waals surface area contributed by atoms with Crippen LogP contribution in [0.1, 0.15) is 228 Å². The topological polar surface area (TPSA) is 91.2 Å². The average Bonchev–Trinajstić information content (AvgIpc) is 3.13. The molecule has 7 heteroatoms. The number of aliphatic imine (C=N–C) groups is 6. The fourth-order valence-electron chi connectivity index (χ4n) is 7.59. The van der Waals surface area contributed by atoms with Gasteiger partial charge in [-0.05, 0) is 118 Å². The van der Waals surface area contributed by atoms with Crippen LogP contribution in [0.4, 0.5) is 34.1 Å². The Labute approximate surface area is 357 Å². The first-order chi connectivity index (χ1) is 27.6. The molecular formula is C52H72N6O. The van der Waals surface area contributed by atoms with Crippen molar-refractivity contribution >= 4 is 64.7 Å². The van der Waals surface area contributed by atoms with E-state index in [1.54, 1.807) is 6.08 Å². The van der Waals surface area contributed by atoms with Crippen molar-refractivity contribution in [1.29, 1.82) is 0 Å². The maximum atomic E-state index is 11.4. The van der Waals surface area contributed by atoms with Crippen molar-refractivity contribution in [1.82, 2.24) is 0 Å². The summed E-state index contributed by atoms with van der Waals surface area (Å²) in [7, 11) is 0. The molecule has 0 bridgehead atoms. The van der Waals surface area contributed by atoms with Crippen LogP contribution in [0.5, 0.6) is 0 Å². The Hall–Kier alpha value is -5.01. The normalized spacial score (nSPS) is 11.2. The maximum Gasteiger partial charge on any atom is 0.240 e. The summed E-state index contributed by atoms with van der Waals surface area (Å²) >= 11 is 0. The van der Waals surface area contributed by atoms with E-state index < -0.39 is 0 Å². The van der Waals surface area contributed by atoms with E-state index in [1.807, 2.05) is 0 Å². The lowest BCUT2D eigenvalue weighted by atomic mass is 9.85. The molecule has 0 radical (unpaired) electrons. The molecule has 3 rings (SSSR count). The zero-order chi connectivity index (χ0) is 45.0. The summed E-state index contributed by atoms with van der Waals surface area (Å²) in [5, 5.41) is 0. The molecular weight excluding hydrogens is 725 g/mol. The van der Waals surface area contributed by atoms with E-state index in [2.05, 4.69) is 200 Å². The lowest BCUT2D eigenvalue weighted by molar-refractivity contribution is 0.565. The van der Waals surface area contributed by atoms with Gasteiger partial charge in [0.2, 0.25) is 6.08 Å². The van der Waals surface area contributed by atoms with Gasteiger partial charge in [-0.3, -0.25) is 4.99 Å². The molecule has 0 saturated carbocycles. The number of hydrogen-bond acceptors (Lipinski definition) is 7. The van der Waals surface area contributed by atoms with E-state index in [0.717, 1.165) is 61.8 Å². The summed E-state index contributed by atoms with van der Waals surface area (Å²) in [5.74, 6) is 7.75. The minimum Gasteiger partial charge on any atom is -0.264 e. The van der Waals surface area contributed by atoms with Crippen LogP contribution in [0.3, 0.4) is 0 Å². The minimum atomic E-state index is 0.0955. The van der Waals surface area contributed by atoms with E-state index >= 15 is 0 Å². The molecule has 0 heterocycles. The minimum absolute atomic E-state index is 0.0955. The Bertz CT molecular complexity index is 2140. The molecule has 3 aromatic rings. The second kappa shape index (κ2) is 22.4. The Kier molecular flexibility index (Phi) is 19.0. The van der Waals surface area contributed by atoms with Crippen LogP contribution in [-0.2, 0) is 4.79 Å². The van der Waals surface area contributed by atoms with Crippen LogP contribution in [0.2, 0.25) is 0 Å². The molecule has 0 aliphatic rings. The van der Waals surface area contributed by atoms with E-state index in [0.29, 0.717) is 29.4 Å². The summed E-state index contributed by atoms with van der Waals surface area (Å²) in [6.45, 7) is 50.0. The lowest BCUT2D eigenvalue weighted by Gasteiger charge is -2.23. The average molecular weight is 797 g/mol. The first kappa shape index (κ1) is 50.1. The Morgan fingerprint density at radius 2 is 0.610 bits per heavy atom. The quantitative estimate of drug-likeness (QED) is 0.111. The van der Waals surface area contributed by atoms with Gasteiger partial charge in [-0.2, -0.15) is 15.0 Å². The molecule has 0 aliphatic heterocycles. The second-order valence-electron chi connectivity index (χ2n) is 18.1. The highest BCUT2D eigenvalue weighted by Crippen LogP contribution is 2.48. The van der Waals surface area contributed by atoms with Gasteiger partial charge in [0.1, 0.15) is 6.01 Å². The number of benzene rings is 3. The van der Waals surface area contributed by atoms with Crippen LogP contribution < -0.4 is 0 Å². The lowest BCUT2D eigenvalue weighted by Crippen LogP contribution is -2.02. The van der Waals surface area contributed by atoms with E-state index in [-0.39, 0.29) is 29.6 Å². The van der Waals surface area contributed by atoms with Crippen LogP contribution in [0, 0.1) is 0 Å². The van der Waals surface area contributed by atoms with Gasteiger partial charge in [-0.15, -0.1) is 0 Å². The summed E-state index contributed by atoms with van der Waals surface area (Å²) in [4.78, 5) is 38.6. The first-order valence-electron chi connectivity index (χ1n) is 21.4. The first-order valence-corrected chi connectivity index (χ1v) is 21.4. The molecule has 316 valence electrons. The number of carbonyl (C=O) groups excluding carboxylic acids is 1. The van der Waals surface area contributed by atoms with E-state index in [1.165, 1.54) is 16.7 Å². The highest BCUT2D eigenvalue weighted by atomic mass is 16.1. The third kappa shape index (κ3) is 11.8. The van der Waals surface area contributed by atoms with Crippen molar-refractivity contribution in [2.75, 3.05) is 0 Å². The van der Waals surface area contributed by atoms with Crippen LogP contribution >= 0.6 is 0 Å². The molecule has 0 unspecified atom stereocenters. The number of hydrogen-bond donors (Lipinski definition) is 0. The number of nitrogens with zero attached hydrogens (tertiary/aromatic N) is 6. The Balaban J connectivity index is 0.000000482. The monoisotopic (exact) mass is 797 g/mol. The van der Waals surface area contributed by atoms with E-state index in [4.69, 9.17) is 9.98 Å². The standard InChI is InChI=1S/C33H46N4O.C19H26N2/c1-18(2)24-14-25(19(3)4)31(28(22(9)10)30(24)34-13)35-16-36-32-26(20(5)6)15-27(21(7)8)33(37-17-38)29(32)23(11)12;1-9-20-18-15(12(3)4)11-16(13(5)6)19(21-10-2)17(18)14(7)8/h14-15,18-23H,13H2,1-12H3;11-14H,1-2H2,3-8H3. The molecule has 0 aliphatic carbocycles. The smallest absolute Gasteiger partial charge is 0.240 e. The predicted molar refractivity (Wildman–Crippen MR) is 258 cm³/mol. The Morgan fingerprint density at radius 3 is 0.831 bits per heavy atom. The summed E-state index contributed by atoms with van der Waals surface area (Å²) < 4.78 is 0. The van der Waals surface area contributed by atoms with Gasteiger partial charge in [-0.1, -0.05) is 143 Å². The van der Waals surface area contributed by atoms with Gasteiger partial charge >= 0.3 is 0 Å². The van der Waals surface area contributed by atoms with Crippen LogP contribution in [-0.4, -0.2) is 30.5 Å². The van der Waals surface area contributed by atoms with Crippen molar-refractivity contribution in [3.05, 3.63) is 81.4 Å². The zero-order valence-corrected chi connectivity index (χ0v) is 39.6. The Morgan fingerprint density at radius 1 is 0.373 bits per heavy atom. The largest absolute Gasteiger partial charge is 0.264 e. The van der Waals surface area contributed by atoms with Gasteiger partial charge in [0.05, 0.1) is 34.1 Å². The molecule has 0 atom stereocenters. The van der Waals surface area contributed by atoms with Gasteiger partial charge in [0, 0.05) is 16.7 Å². The molecule has 0 aromatic heterocycles. The SMILES string of the molecule is C=C=Nc1c(C(C)C)cc(C(C)C)c(N=C=C)c1C(C)C.C=Nc1c(C(C)C)cc(C(C)C)c(N=C=Nc2c(C(C)C)cc(C(C)C)c(N=C=O)c2C(C)C)c1C(C)C. The van der Waals surface area contributed by atoms with Gasteiger partial charge in [-0.25, -0.2) is 14.8 Å². The molecule has 0 saturated heterocycles. The third-order valence-electron chi connectivity index (χ3n) is 10.6. The van der Waals surface area contributed by atoms with Crippen LogP contribution in [0.25, 0.3) is 0 Å².